The molecule has 0 bridgehead atoms. The van der Waals surface area contributed by atoms with Crippen LogP contribution in [0.5, 0.6) is 0 Å². The number of carbonyl (C=O) groups is 1. The maximum atomic E-state index is 12.7. The largest absolute Gasteiger partial charge is 0.345 e. The van der Waals surface area contributed by atoms with Crippen molar-refractivity contribution in [2.45, 2.75) is 26.8 Å². The van der Waals surface area contributed by atoms with E-state index < -0.39 is 0 Å². The maximum absolute atomic E-state index is 12.7. The number of rotatable bonds is 3. The number of amides is 1. The van der Waals surface area contributed by atoms with Crippen molar-refractivity contribution in [1.82, 2.24) is 20.1 Å². The normalized spacial score (nSPS) is 12.3. The third-order valence-corrected chi connectivity index (χ3v) is 4.24. The van der Waals surface area contributed by atoms with E-state index in [4.69, 9.17) is 0 Å². The minimum Gasteiger partial charge on any atom is -0.345 e. The number of aromatic nitrogens is 3. The van der Waals surface area contributed by atoms with Crippen molar-refractivity contribution in [3.8, 4) is 0 Å². The van der Waals surface area contributed by atoms with Gasteiger partial charge in [-0.3, -0.25) is 14.5 Å². The number of fused-ring (bicyclic) bond motifs is 1. The molecule has 5 nitrogen and oxygen atoms in total. The van der Waals surface area contributed by atoms with Gasteiger partial charge in [0.05, 0.1) is 17.3 Å². The predicted molar refractivity (Wildman–Crippen MR) is 90.3 cm³/mol. The molecule has 23 heavy (non-hydrogen) atoms. The summed E-state index contributed by atoms with van der Waals surface area (Å²) in [6.45, 7) is 5.96. The Bertz CT molecular complexity index is 877. The fourth-order valence-corrected chi connectivity index (χ4v) is 3.06. The van der Waals surface area contributed by atoms with Crippen LogP contribution < -0.4 is 5.32 Å². The maximum Gasteiger partial charge on any atom is 0.252 e. The molecule has 0 aliphatic rings. The van der Waals surface area contributed by atoms with Gasteiger partial charge in [0, 0.05) is 35.5 Å². The summed E-state index contributed by atoms with van der Waals surface area (Å²) in [5.74, 6) is -0.0984. The molecule has 1 atom stereocenters. The Morgan fingerprint density at radius 1 is 1.22 bits per heavy atom. The van der Waals surface area contributed by atoms with Crippen LogP contribution in [0.1, 0.15) is 40.3 Å². The third-order valence-electron chi connectivity index (χ3n) is 4.24. The van der Waals surface area contributed by atoms with Crippen molar-refractivity contribution in [3.05, 3.63) is 59.0 Å². The summed E-state index contributed by atoms with van der Waals surface area (Å²) < 4.78 is 1.84. The molecule has 1 unspecified atom stereocenters. The summed E-state index contributed by atoms with van der Waals surface area (Å²) in [6.07, 6.45) is 1.73. The molecule has 0 aliphatic carbocycles. The van der Waals surface area contributed by atoms with Gasteiger partial charge >= 0.3 is 0 Å². The van der Waals surface area contributed by atoms with E-state index in [-0.39, 0.29) is 11.9 Å². The molecule has 0 aliphatic heterocycles. The molecule has 2 heterocycles. The number of hydrogen-bond donors (Lipinski definition) is 1. The Balaban J connectivity index is 1.92. The number of hydrogen-bond acceptors (Lipinski definition) is 3. The Hall–Kier alpha value is -2.69. The van der Waals surface area contributed by atoms with Gasteiger partial charge in [0.2, 0.25) is 0 Å². The van der Waals surface area contributed by atoms with Crippen LogP contribution in [0.25, 0.3) is 10.9 Å². The van der Waals surface area contributed by atoms with Crippen molar-refractivity contribution < 1.29 is 4.79 Å². The van der Waals surface area contributed by atoms with Crippen LogP contribution in [0.4, 0.5) is 0 Å². The van der Waals surface area contributed by atoms with Crippen molar-refractivity contribution in [3.63, 3.8) is 0 Å². The second-order valence-electron chi connectivity index (χ2n) is 5.78. The highest BCUT2D eigenvalue weighted by molar-refractivity contribution is 6.06. The zero-order chi connectivity index (χ0) is 16.6. The van der Waals surface area contributed by atoms with E-state index in [1.807, 2.05) is 62.8 Å². The van der Waals surface area contributed by atoms with Gasteiger partial charge in [-0.15, -0.1) is 0 Å². The lowest BCUT2D eigenvalue weighted by Crippen LogP contribution is -2.27. The summed E-state index contributed by atoms with van der Waals surface area (Å²) in [7, 11) is 1.91. The highest BCUT2D eigenvalue weighted by Gasteiger charge is 2.19. The lowest BCUT2D eigenvalue weighted by atomic mass is 10.0. The SMILES string of the molecule is Cc1nn(C)c(C)c1C(C)NC(=O)c1cccc2ncccc12. The lowest BCUT2D eigenvalue weighted by molar-refractivity contribution is 0.0941. The molecule has 2 aromatic heterocycles. The van der Waals surface area contributed by atoms with Gasteiger partial charge < -0.3 is 5.32 Å². The zero-order valence-electron chi connectivity index (χ0n) is 13.8. The van der Waals surface area contributed by atoms with E-state index in [1.54, 1.807) is 6.20 Å². The molecule has 0 saturated heterocycles. The Labute approximate surface area is 135 Å². The quantitative estimate of drug-likeness (QED) is 0.809. The van der Waals surface area contributed by atoms with Gasteiger partial charge in [-0.2, -0.15) is 5.10 Å². The highest BCUT2D eigenvalue weighted by atomic mass is 16.1. The first-order valence-electron chi connectivity index (χ1n) is 7.63. The third kappa shape index (κ3) is 2.70. The second-order valence-corrected chi connectivity index (χ2v) is 5.78. The van der Waals surface area contributed by atoms with Crippen LogP contribution in [-0.4, -0.2) is 20.7 Å². The topological polar surface area (TPSA) is 59.8 Å². The zero-order valence-corrected chi connectivity index (χ0v) is 13.8. The van der Waals surface area contributed by atoms with E-state index in [0.29, 0.717) is 5.56 Å². The Morgan fingerprint density at radius 3 is 2.70 bits per heavy atom. The van der Waals surface area contributed by atoms with Gasteiger partial charge in [-0.1, -0.05) is 12.1 Å². The average Bonchev–Trinajstić information content (AvgIpc) is 2.79. The summed E-state index contributed by atoms with van der Waals surface area (Å²) in [4.78, 5) is 17.0. The van der Waals surface area contributed by atoms with E-state index in [1.165, 1.54) is 0 Å². The molecule has 118 valence electrons. The van der Waals surface area contributed by atoms with Gasteiger partial charge in [-0.05, 0) is 39.0 Å². The van der Waals surface area contributed by atoms with Crippen molar-refractivity contribution in [2.75, 3.05) is 0 Å². The molecular formula is C18H20N4O. The van der Waals surface area contributed by atoms with Crippen LogP contribution in [-0.2, 0) is 7.05 Å². The molecule has 3 rings (SSSR count). The number of nitrogens with zero attached hydrogens (tertiary/aromatic N) is 3. The molecule has 0 spiro atoms. The van der Waals surface area contributed by atoms with E-state index in [0.717, 1.165) is 27.9 Å². The van der Waals surface area contributed by atoms with Gasteiger partial charge in [-0.25, -0.2) is 0 Å². The molecule has 3 aromatic rings. The Morgan fingerprint density at radius 2 is 2.00 bits per heavy atom. The molecule has 0 radical (unpaired) electrons. The highest BCUT2D eigenvalue weighted by Crippen LogP contribution is 2.22. The summed E-state index contributed by atoms with van der Waals surface area (Å²) in [6, 6.07) is 9.25. The molecular weight excluding hydrogens is 288 g/mol. The number of carbonyl (C=O) groups excluding carboxylic acids is 1. The van der Waals surface area contributed by atoms with E-state index >= 15 is 0 Å². The number of nitrogens with one attached hydrogen (secondary N) is 1. The number of benzene rings is 1. The first kappa shape index (κ1) is 15.2. The van der Waals surface area contributed by atoms with Crippen molar-refractivity contribution in [1.29, 1.82) is 0 Å². The van der Waals surface area contributed by atoms with Crippen LogP contribution in [0.3, 0.4) is 0 Å². The van der Waals surface area contributed by atoms with Gasteiger partial charge in [0.25, 0.3) is 5.91 Å². The molecule has 0 saturated carbocycles. The van der Waals surface area contributed by atoms with E-state index in [9.17, 15) is 4.79 Å². The first-order valence-corrected chi connectivity index (χ1v) is 7.63. The smallest absolute Gasteiger partial charge is 0.252 e. The fraction of sp³-hybridized carbons (Fsp3) is 0.278. The van der Waals surface area contributed by atoms with Crippen molar-refractivity contribution >= 4 is 16.8 Å². The van der Waals surface area contributed by atoms with Crippen LogP contribution in [0.2, 0.25) is 0 Å². The molecule has 5 heteroatoms. The minimum atomic E-state index is -0.108. The predicted octanol–water partition coefficient (Wildman–Crippen LogP) is 3.08. The summed E-state index contributed by atoms with van der Waals surface area (Å²) in [5, 5.41) is 8.36. The standard InChI is InChI=1S/C18H20N4O/c1-11(17-12(2)21-22(4)13(17)3)20-18(23)15-7-5-9-16-14(15)8-6-10-19-16/h5-11H,1-4H3,(H,20,23). The molecule has 0 fully saturated rings. The average molecular weight is 308 g/mol. The molecule has 1 N–H and O–H groups in total. The minimum absolute atomic E-state index is 0.0984. The van der Waals surface area contributed by atoms with E-state index in [2.05, 4.69) is 15.4 Å². The molecule has 1 amide bonds. The number of aryl methyl sites for hydroxylation is 2. The van der Waals surface area contributed by atoms with Crippen LogP contribution >= 0.6 is 0 Å². The van der Waals surface area contributed by atoms with Gasteiger partial charge in [0.15, 0.2) is 0 Å². The number of pyridine rings is 1. The molecule has 1 aromatic carbocycles. The van der Waals surface area contributed by atoms with Gasteiger partial charge in [0.1, 0.15) is 0 Å². The summed E-state index contributed by atoms with van der Waals surface area (Å²) >= 11 is 0. The van der Waals surface area contributed by atoms with Crippen molar-refractivity contribution in [2.24, 2.45) is 7.05 Å². The summed E-state index contributed by atoms with van der Waals surface area (Å²) in [5.41, 5.74) is 4.54. The van der Waals surface area contributed by atoms with Crippen LogP contribution in [0, 0.1) is 13.8 Å². The monoisotopic (exact) mass is 308 g/mol. The fourth-order valence-electron chi connectivity index (χ4n) is 3.06. The lowest BCUT2D eigenvalue weighted by Gasteiger charge is -2.15. The second kappa shape index (κ2) is 5.83. The Kier molecular flexibility index (Phi) is 3.86. The van der Waals surface area contributed by atoms with Crippen LogP contribution in [0.15, 0.2) is 36.5 Å². The first-order chi connectivity index (χ1) is 11.0.